The van der Waals surface area contributed by atoms with E-state index in [0.717, 1.165) is 0 Å². The minimum absolute atomic E-state index is 0.113. The molecule has 132 valence electrons. The van der Waals surface area contributed by atoms with Crippen LogP contribution in [0.2, 0.25) is 0 Å². The fourth-order valence-electron chi connectivity index (χ4n) is 2.59. The van der Waals surface area contributed by atoms with E-state index in [1.165, 1.54) is 49.6 Å². The van der Waals surface area contributed by atoms with Crippen LogP contribution in [0.1, 0.15) is 26.4 Å². The van der Waals surface area contributed by atoms with Crippen molar-refractivity contribution in [2.45, 2.75) is 6.92 Å². The number of rotatable bonds is 3. The van der Waals surface area contributed by atoms with E-state index in [1.807, 2.05) is 0 Å². The van der Waals surface area contributed by atoms with Gasteiger partial charge >= 0.3 is 5.97 Å². The number of esters is 1. The summed E-state index contributed by atoms with van der Waals surface area (Å²) in [5.41, 5.74) is 1.57. The molecule has 0 aliphatic carbocycles. The SMILES string of the molecule is COC(=O)c1ccc(NC(=O)c2cc(C)nc3ccc(F)cc23)c(O)c1. The molecule has 3 aromatic rings. The Balaban J connectivity index is 1.97. The van der Waals surface area contributed by atoms with Crippen molar-refractivity contribution < 1.29 is 23.8 Å². The van der Waals surface area contributed by atoms with Gasteiger partial charge in [-0.2, -0.15) is 0 Å². The van der Waals surface area contributed by atoms with Crippen molar-refractivity contribution in [3.63, 3.8) is 0 Å². The molecule has 0 aliphatic heterocycles. The molecule has 0 saturated heterocycles. The molecule has 0 bridgehead atoms. The largest absolute Gasteiger partial charge is 0.506 e. The van der Waals surface area contributed by atoms with Crippen LogP contribution in [0.4, 0.5) is 10.1 Å². The lowest BCUT2D eigenvalue weighted by Crippen LogP contribution is -2.13. The highest BCUT2D eigenvalue weighted by atomic mass is 19.1. The van der Waals surface area contributed by atoms with Crippen LogP contribution in [0.25, 0.3) is 10.9 Å². The second kappa shape index (κ2) is 6.79. The molecule has 0 unspecified atom stereocenters. The summed E-state index contributed by atoms with van der Waals surface area (Å²) >= 11 is 0. The number of phenolic OH excluding ortho intramolecular Hbond substituents is 1. The monoisotopic (exact) mass is 354 g/mol. The number of pyridine rings is 1. The van der Waals surface area contributed by atoms with Gasteiger partial charge in [0.05, 0.1) is 29.4 Å². The van der Waals surface area contributed by atoms with Crippen molar-refractivity contribution in [3.8, 4) is 5.75 Å². The minimum atomic E-state index is -0.607. The summed E-state index contributed by atoms with van der Waals surface area (Å²) in [6.45, 7) is 1.72. The summed E-state index contributed by atoms with van der Waals surface area (Å²) in [4.78, 5) is 28.4. The van der Waals surface area contributed by atoms with Crippen LogP contribution < -0.4 is 5.32 Å². The smallest absolute Gasteiger partial charge is 0.337 e. The second-order valence-corrected chi connectivity index (χ2v) is 5.65. The quantitative estimate of drug-likeness (QED) is 0.556. The topological polar surface area (TPSA) is 88.5 Å². The minimum Gasteiger partial charge on any atom is -0.506 e. The molecule has 0 spiro atoms. The van der Waals surface area contributed by atoms with Gasteiger partial charge in [-0.05, 0) is 49.4 Å². The molecule has 6 nitrogen and oxygen atoms in total. The fraction of sp³-hybridized carbons (Fsp3) is 0.105. The second-order valence-electron chi connectivity index (χ2n) is 5.65. The summed E-state index contributed by atoms with van der Waals surface area (Å²) in [6.07, 6.45) is 0. The lowest BCUT2D eigenvalue weighted by Gasteiger charge is -2.11. The van der Waals surface area contributed by atoms with Gasteiger partial charge in [0.1, 0.15) is 11.6 Å². The third kappa shape index (κ3) is 3.32. The lowest BCUT2D eigenvalue weighted by molar-refractivity contribution is 0.0600. The third-order valence-corrected chi connectivity index (χ3v) is 3.81. The van der Waals surface area contributed by atoms with E-state index >= 15 is 0 Å². The number of aryl methyl sites for hydroxylation is 1. The number of methoxy groups -OCH3 is 1. The molecule has 2 aromatic carbocycles. The van der Waals surface area contributed by atoms with Crippen LogP contribution in [0.15, 0.2) is 42.5 Å². The number of halogens is 1. The maximum atomic E-state index is 13.6. The molecular weight excluding hydrogens is 339 g/mol. The number of hydrogen-bond donors (Lipinski definition) is 2. The predicted octanol–water partition coefficient (Wildman–Crippen LogP) is 3.43. The Bertz CT molecular complexity index is 1030. The summed E-state index contributed by atoms with van der Waals surface area (Å²) in [7, 11) is 1.23. The standard InChI is InChI=1S/C19H15FN2O4/c1-10-7-14(13-9-12(20)4-6-15(13)21-10)18(24)22-16-5-3-11(8-17(16)23)19(25)26-2/h3-9,23H,1-2H3,(H,22,24). The van der Waals surface area contributed by atoms with Gasteiger partial charge < -0.3 is 15.2 Å². The van der Waals surface area contributed by atoms with Gasteiger partial charge in [-0.25, -0.2) is 9.18 Å². The molecule has 0 aliphatic rings. The molecule has 0 fully saturated rings. The highest BCUT2D eigenvalue weighted by molar-refractivity contribution is 6.13. The van der Waals surface area contributed by atoms with Gasteiger partial charge in [-0.15, -0.1) is 0 Å². The molecule has 2 N–H and O–H groups in total. The number of fused-ring (bicyclic) bond motifs is 1. The first kappa shape index (κ1) is 17.3. The van der Waals surface area contributed by atoms with Crippen LogP contribution >= 0.6 is 0 Å². The summed E-state index contributed by atoms with van der Waals surface area (Å²) in [5.74, 6) is -1.92. The number of carbonyl (C=O) groups excluding carboxylic acids is 2. The molecule has 0 radical (unpaired) electrons. The fourth-order valence-corrected chi connectivity index (χ4v) is 2.59. The number of hydrogen-bond acceptors (Lipinski definition) is 5. The molecule has 0 saturated carbocycles. The van der Waals surface area contributed by atoms with Gasteiger partial charge in [-0.1, -0.05) is 0 Å². The maximum absolute atomic E-state index is 13.6. The van der Waals surface area contributed by atoms with Crippen molar-refractivity contribution in [1.29, 1.82) is 0 Å². The lowest BCUT2D eigenvalue weighted by atomic mass is 10.1. The van der Waals surface area contributed by atoms with E-state index < -0.39 is 17.7 Å². The van der Waals surface area contributed by atoms with Crippen LogP contribution in [-0.4, -0.2) is 29.1 Å². The number of ether oxygens (including phenoxy) is 1. The number of nitrogens with one attached hydrogen (secondary N) is 1. The van der Waals surface area contributed by atoms with E-state index in [9.17, 15) is 19.1 Å². The number of anilines is 1. The predicted molar refractivity (Wildman–Crippen MR) is 93.8 cm³/mol. The zero-order valence-electron chi connectivity index (χ0n) is 14.0. The van der Waals surface area contributed by atoms with Gasteiger partial charge in [0, 0.05) is 11.1 Å². The Morgan fingerprint density at radius 1 is 1.15 bits per heavy atom. The Labute approximate surface area is 148 Å². The zero-order valence-corrected chi connectivity index (χ0v) is 14.0. The van der Waals surface area contributed by atoms with Gasteiger partial charge in [0.25, 0.3) is 5.91 Å². The maximum Gasteiger partial charge on any atom is 0.337 e. The Hall–Kier alpha value is -3.48. The molecule has 26 heavy (non-hydrogen) atoms. The van der Waals surface area contributed by atoms with Crippen LogP contribution in [0.5, 0.6) is 5.75 Å². The van der Waals surface area contributed by atoms with Crippen molar-refractivity contribution in [2.75, 3.05) is 12.4 Å². The van der Waals surface area contributed by atoms with Gasteiger partial charge in [0.2, 0.25) is 0 Å². The van der Waals surface area contributed by atoms with E-state index in [4.69, 9.17) is 0 Å². The van der Waals surface area contributed by atoms with Crippen LogP contribution in [0.3, 0.4) is 0 Å². The van der Waals surface area contributed by atoms with Gasteiger partial charge in [0.15, 0.2) is 0 Å². The van der Waals surface area contributed by atoms with E-state index in [0.29, 0.717) is 16.6 Å². The van der Waals surface area contributed by atoms with Crippen LogP contribution in [-0.2, 0) is 4.74 Å². The first-order valence-electron chi connectivity index (χ1n) is 7.68. The Morgan fingerprint density at radius 3 is 2.62 bits per heavy atom. The molecule has 3 rings (SSSR count). The van der Waals surface area contributed by atoms with Crippen molar-refractivity contribution in [2.24, 2.45) is 0 Å². The molecule has 1 heterocycles. The van der Waals surface area contributed by atoms with E-state index in [2.05, 4.69) is 15.0 Å². The Kier molecular flexibility index (Phi) is 4.53. The number of amides is 1. The molecule has 0 atom stereocenters. The summed E-state index contributed by atoms with van der Waals surface area (Å²) < 4.78 is 18.2. The third-order valence-electron chi connectivity index (χ3n) is 3.81. The number of nitrogens with zero attached hydrogens (tertiary/aromatic N) is 1. The van der Waals surface area contributed by atoms with Crippen molar-refractivity contribution >= 4 is 28.5 Å². The number of aromatic nitrogens is 1. The summed E-state index contributed by atoms with van der Waals surface area (Å²) in [5, 5.41) is 13.0. The van der Waals surface area contributed by atoms with Gasteiger partial charge in [-0.3, -0.25) is 9.78 Å². The first-order valence-corrected chi connectivity index (χ1v) is 7.68. The highest BCUT2D eigenvalue weighted by Gasteiger charge is 2.16. The molecule has 1 amide bonds. The summed E-state index contributed by atoms with van der Waals surface area (Å²) in [6, 6.07) is 9.53. The average Bonchev–Trinajstić information content (AvgIpc) is 2.62. The number of carbonyl (C=O) groups is 2. The first-order chi connectivity index (χ1) is 12.4. The van der Waals surface area contributed by atoms with E-state index in [1.54, 1.807) is 6.92 Å². The zero-order chi connectivity index (χ0) is 18.8. The normalized spacial score (nSPS) is 10.6. The molecule has 7 heteroatoms. The number of phenols is 1. The van der Waals surface area contributed by atoms with Crippen molar-refractivity contribution in [1.82, 2.24) is 4.98 Å². The highest BCUT2D eigenvalue weighted by Crippen LogP contribution is 2.27. The van der Waals surface area contributed by atoms with Crippen LogP contribution in [0, 0.1) is 12.7 Å². The number of benzene rings is 2. The average molecular weight is 354 g/mol. The molecular formula is C19H15FN2O4. The van der Waals surface area contributed by atoms with Crippen molar-refractivity contribution in [3.05, 3.63) is 65.1 Å². The molecule has 1 aromatic heterocycles. The number of aromatic hydroxyl groups is 1. The Morgan fingerprint density at radius 2 is 1.92 bits per heavy atom. The van der Waals surface area contributed by atoms with E-state index in [-0.39, 0.29) is 22.6 Å².